The van der Waals surface area contributed by atoms with Gasteiger partial charge in [0.05, 0.1) is 18.5 Å². The molecule has 0 aliphatic heterocycles. The molecule has 0 spiro atoms. The first-order valence-corrected chi connectivity index (χ1v) is 5.74. The van der Waals surface area contributed by atoms with Crippen LogP contribution in [0.1, 0.15) is 5.69 Å². The van der Waals surface area contributed by atoms with Crippen molar-refractivity contribution in [3.8, 4) is 6.07 Å². The van der Waals surface area contributed by atoms with E-state index in [4.69, 9.17) is 10.00 Å². The van der Waals surface area contributed by atoms with Gasteiger partial charge in [-0.15, -0.1) is 0 Å². The zero-order chi connectivity index (χ0) is 14.1. The number of nitriles is 1. The Labute approximate surface area is 112 Å². The molecule has 0 unspecified atom stereocenters. The molecule has 1 amide bonds. The fraction of sp³-hybridized carbons (Fsp3) is 0.308. The van der Waals surface area contributed by atoms with Gasteiger partial charge in [-0.3, -0.25) is 9.78 Å². The van der Waals surface area contributed by atoms with E-state index in [9.17, 15) is 4.79 Å². The Morgan fingerprint density at radius 1 is 1.58 bits per heavy atom. The SMILES string of the molecule is COCCNC(=O)/C(C#N)=C\Nc1ccc(C)nc1. The Bertz CT molecular complexity index is 488. The predicted octanol–water partition coefficient (Wildman–Crippen LogP) is 0.972. The molecule has 100 valence electrons. The number of nitrogens with one attached hydrogen (secondary N) is 2. The Morgan fingerprint density at radius 3 is 2.95 bits per heavy atom. The van der Waals surface area contributed by atoms with Gasteiger partial charge in [-0.2, -0.15) is 5.26 Å². The highest BCUT2D eigenvalue weighted by Crippen LogP contribution is 2.06. The summed E-state index contributed by atoms with van der Waals surface area (Å²) >= 11 is 0. The van der Waals surface area contributed by atoms with Crippen molar-refractivity contribution in [2.75, 3.05) is 25.6 Å². The molecule has 2 N–H and O–H groups in total. The van der Waals surface area contributed by atoms with Crippen LogP contribution >= 0.6 is 0 Å². The summed E-state index contributed by atoms with van der Waals surface area (Å²) < 4.78 is 4.81. The Balaban J connectivity index is 2.59. The molecule has 0 aromatic carbocycles. The number of amides is 1. The molecule has 0 radical (unpaired) electrons. The largest absolute Gasteiger partial charge is 0.383 e. The maximum atomic E-state index is 11.6. The second-order valence-electron chi connectivity index (χ2n) is 3.75. The molecule has 6 nitrogen and oxygen atoms in total. The minimum absolute atomic E-state index is 0.00308. The van der Waals surface area contributed by atoms with Crippen molar-refractivity contribution in [1.29, 1.82) is 5.26 Å². The van der Waals surface area contributed by atoms with Crippen LogP contribution in [0.2, 0.25) is 0 Å². The molecule has 0 aliphatic rings. The summed E-state index contributed by atoms with van der Waals surface area (Å²) in [7, 11) is 1.54. The summed E-state index contributed by atoms with van der Waals surface area (Å²) in [6.45, 7) is 2.64. The molecule has 0 atom stereocenters. The molecule has 0 fully saturated rings. The van der Waals surface area contributed by atoms with E-state index in [0.717, 1.165) is 5.69 Å². The molecule has 0 bridgehead atoms. The maximum Gasteiger partial charge on any atom is 0.263 e. The number of ether oxygens (including phenoxy) is 1. The number of nitrogens with zero attached hydrogens (tertiary/aromatic N) is 2. The first-order chi connectivity index (χ1) is 9.17. The van der Waals surface area contributed by atoms with Gasteiger partial charge in [0.25, 0.3) is 5.91 Å². The summed E-state index contributed by atoms with van der Waals surface area (Å²) in [5.74, 6) is -0.438. The van der Waals surface area contributed by atoms with E-state index in [0.29, 0.717) is 18.8 Å². The lowest BCUT2D eigenvalue weighted by Crippen LogP contribution is -2.28. The van der Waals surface area contributed by atoms with Crippen molar-refractivity contribution in [2.24, 2.45) is 0 Å². The van der Waals surface area contributed by atoms with Crippen LogP contribution in [-0.2, 0) is 9.53 Å². The lowest BCUT2D eigenvalue weighted by Gasteiger charge is -2.04. The lowest BCUT2D eigenvalue weighted by molar-refractivity contribution is -0.117. The number of aryl methyl sites for hydroxylation is 1. The third kappa shape index (κ3) is 5.19. The van der Waals surface area contributed by atoms with Crippen LogP contribution in [0.15, 0.2) is 30.1 Å². The highest BCUT2D eigenvalue weighted by atomic mass is 16.5. The maximum absolute atomic E-state index is 11.6. The van der Waals surface area contributed by atoms with Crippen molar-refractivity contribution in [3.63, 3.8) is 0 Å². The number of rotatable bonds is 6. The van der Waals surface area contributed by atoms with Gasteiger partial charge in [-0.1, -0.05) is 0 Å². The fourth-order valence-electron chi connectivity index (χ4n) is 1.22. The molecule has 1 heterocycles. The van der Waals surface area contributed by atoms with Crippen LogP contribution in [-0.4, -0.2) is 31.2 Å². The number of carbonyl (C=O) groups excluding carboxylic acids is 1. The summed E-state index contributed by atoms with van der Waals surface area (Å²) in [5.41, 5.74) is 1.60. The first kappa shape index (κ1) is 14.7. The quantitative estimate of drug-likeness (QED) is 0.452. The van der Waals surface area contributed by atoms with Crippen molar-refractivity contribution >= 4 is 11.6 Å². The van der Waals surface area contributed by atoms with E-state index in [1.807, 2.05) is 25.1 Å². The van der Waals surface area contributed by atoms with Crippen LogP contribution in [0.3, 0.4) is 0 Å². The first-order valence-electron chi connectivity index (χ1n) is 5.74. The van der Waals surface area contributed by atoms with Gasteiger partial charge >= 0.3 is 0 Å². The summed E-state index contributed by atoms with van der Waals surface area (Å²) in [4.78, 5) is 15.7. The van der Waals surface area contributed by atoms with Crippen molar-refractivity contribution in [2.45, 2.75) is 6.92 Å². The average molecular weight is 260 g/mol. The highest BCUT2D eigenvalue weighted by Gasteiger charge is 2.07. The second-order valence-corrected chi connectivity index (χ2v) is 3.75. The number of anilines is 1. The third-order valence-electron chi connectivity index (χ3n) is 2.25. The van der Waals surface area contributed by atoms with Crippen molar-refractivity contribution in [3.05, 3.63) is 35.8 Å². The van der Waals surface area contributed by atoms with Crippen LogP contribution in [0.5, 0.6) is 0 Å². The minimum atomic E-state index is -0.438. The summed E-state index contributed by atoms with van der Waals surface area (Å²) in [6.07, 6.45) is 2.98. The number of methoxy groups -OCH3 is 1. The number of pyridine rings is 1. The van der Waals surface area contributed by atoms with Crippen LogP contribution in [0, 0.1) is 18.3 Å². The number of hydrogen-bond acceptors (Lipinski definition) is 5. The second kappa shape index (κ2) is 7.84. The number of carbonyl (C=O) groups is 1. The van der Waals surface area contributed by atoms with E-state index in [2.05, 4.69) is 15.6 Å². The van der Waals surface area contributed by atoms with Crippen LogP contribution in [0.25, 0.3) is 0 Å². The van der Waals surface area contributed by atoms with Gasteiger partial charge in [0.15, 0.2) is 0 Å². The third-order valence-corrected chi connectivity index (χ3v) is 2.25. The van der Waals surface area contributed by atoms with Crippen molar-refractivity contribution < 1.29 is 9.53 Å². The monoisotopic (exact) mass is 260 g/mol. The van der Waals surface area contributed by atoms with E-state index in [1.165, 1.54) is 6.20 Å². The molecule has 1 aromatic rings. The van der Waals surface area contributed by atoms with Gasteiger partial charge in [0.1, 0.15) is 11.6 Å². The Morgan fingerprint density at radius 2 is 2.37 bits per heavy atom. The summed E-state index contributed by atoms with van der Waals surface area (Å²) in [6, 6.07) is 5.49. The topological polar surface area (TPSA) is 87.0 Å². The smallest absolute Gasteiger partial charge is 0.263 e. The predicted molar refractivity (Wildman–Crippen MR) is 71.2 cm³/mol. The van der Waals surface area contributed by atoms with Gasteiger partial charge in [-0.25, -0.2) is 0 Å². The van der Waals surface area contributed by atoms with Crippen LogP contribution < -0.4 is 10.6 Å². The molecular formula is C13H16N4O2. The standard InChI is InChI=1S/C13H16N4O2/c1-10-3-4-12(9-16-10)17-8-11(7-14)13(18)15-5-6-19-2/h3-4,8-9,17H,5-6H2,1-2H3,(H,15,18)/b11-8-. The number of hydrogen-bond donors (Lipinski definition) is 2. The zero-order valence-electron chi connectivity index (χ0n) is 10.9. The lowest BCUT2D eigenvalue weighted by atomic mass is 10.3. The zero-order valence-corrected chi connectivity index (χ0v) is 10.9. The van der Waals surface area contributed by atoms with E-state index in [1.54, 1.807) is 13.3 Å². The molecule has 0 saturated carbocycles. The van der Waals surface area contributed by atoms with E-state index in [-0.39, 0.29) is 5.57 Å². The van der Waals surface area contributed by atoms with E-state index >= 15 is 0 Å². The normalized spacial score (nSPS) is 10.7. The highest BCUT2D eigenvalue weighted by molar-refractivity contribution is 5.97. The molecular weight excluding hydrogens is 244 g/mol. The molecule has 0 saturated heterocycles. The molecule has 19 heavy (non-hydrogen) atoms. The van der Waals surface area contributed by atoms with Gasteiger partial charge < -0.3 is 15.4 Å². The molecule has 0 aliphatic carbocycles. The molecule has 1 rings (SSSR count). The Kier molecular flexibility index (Phi) is 6.06. The average Bonchev–Trinajstić information content (AvgIpc) is 2.42. The minimum Gasteiger partial charge on any atom is -0.383 e. The number of aromatic nitrogens is 1. The van der Waals surface area contributed by atoms with Crippen molar-refractivity contribution in [1.82, 2.24) is 10.3 Å². The van der Waals surface area contributed by atoms with E-state index < -0.39 is 5.91 Å². The van der Waals surface area contributed by atoms with Crippen LogP contribution in [0.4, 0.5) is 5.69 Å². The van der Waals surface area contributed by atoms with Gasteiger partial charge in [0.2, 0.25) is 0 Å². The van der Waals surface area contributed by atoms with Gasteiger partial charge in [0, 0.05) is 25.5 Å². The Hall–Kier alpha value is -2.39. The fourth-order valence-corrected chi connectivity index (χ4v) is 1.22. The summed E-state index contributed by atoms with van der Waals surface area (Å²) in [5, 5.41) is 14.3. The molecule has 1 aromatic heterocycles. The molecule has 6 heteroatoms. The van der Waals surface area contributed by atoms with Gasteiger partial charge in [-0.05, 0) is 19.1 Å².